The Morgan fingerprint density at radius 2 is 1.65 bits per heavy atom. The van der Waals surface area contributed by atoms with Gasteiger partial charge in [0.15, 0.2) is 5.78 Å². The van der Waals surface area contributed by atoms with Crippen molar-refractivity contribution < 1.29 is 23.9 Å². The molecule has 5 nitrogen and oxygen atoms in total. The molecule has 0 aromatic heterocycles. The first kappa shape index (κ1) is 16.4. The number of halogens is 1. The van der Waals surface area contributed by atoms with Crippen molar-refractivity contribution in [3.8, 4) is 0 Å². The summed E-state index contributed by atoms with van der Waals surface area (Å²) >= 11 is 3.23. The molecule has 1 aromatic rings. The molecule has 0 bridgehead atoms. The minimum absolute atomic E-state index is 0.0838. The summed E-state index contributed by atoms with van der Waals surface area (Å²) in [6.45, 7) is 3.37. The van der Waals surface area contributed by atoms with Gasteiger partial charge in [0.25, 0.3) is 0 Å². The van der Waals surface area contributed by atoms with Gasteiger partial charge in [-0.25, -0.2) is 0 Å². The number of hydrogen-bond donors (Lipinski definition) is 0. The van der Waals surface area contributed by atoms with Gasteiger partial charge < -0.3 is 9.47 Å². The number of carbonyl (C=O) groups excluding carboxylic acids is 3. The van der Waals surface area contributed by atoms with Gasteiger partial charge in [0, 0.05) is 10.0 Å². The van der Waals surface area contributed by atoms with E-state index < -0.39 is 23.6 Å². The van der Waals surface area contributed by atoms with Crippen molar-refractivity contribution >= 4 is 33.7 Å². The van der Waals surface area contributed by atoms with Crippen molar-refractivity contribution in [2.24, 2.45) is 5.92 Å². The molecule has 0 saturated carbocycles. The highest BCUT2D eigenvalue weighted by Crippen LogP contribution is 2.17. The van der Waals surface area contributed by atoms with Gasteiger partial charge in [-0.1, -0.05) is 28.1 Å². The van der Waals surface area contributed by atoms with Gasteiger partial charge in [0.1, 0.15) is 0 Å². The Hall–Kier alpha value is -1.69. The van der Waals surface area contributed by atoms with E-state index in [0.717, 1.165) is 0 Å². The molecule has 0 amide bonds. The van der Waals surface area contributed by atoms with Crippen LogP contribution in [0.15, 0.2) is 28.7 Å². The molecule has 0 aliphatic heterocycles. The van der Waals surface area contributed by atoms with E-state index in [1.54, 1.807) is 26.0 Å². The highest BCUT2D eigenvalue weighted by atomic mass is 79.9. The second kappa shape index (κ2) is 7.79. The summed E-state index contributed by atoms with van der Waals surface area (Å²) in [5.74, 6) is -4.00. The quantitative estimate of drug-likeness (QED) is 0.451. The van der Waals surface area contributed by atoms with E-state index in [1.165, 1.54) is 12.1 Å². The van der Waals surface area contributed by atoms with Crippen LogP contribution in [0.5, 0.6) is 0 Å². The van der Waals surface area contributed by atoms with Crippen LogP contribution < -0.4 is 0 Å². The lowest BCUT2D eigenvalue weighted by molar-refractivity contribution is -0.158. The van der Waals surface area contributed by atoms with E-state index in [1.807, 2.05) is 0 Å². The Labute approximate surface area is 125 Å². The number of ketones is 1. The fraction of sp³-hybridized carbons (Fsp3) is 0.357. The topological polar surface area (TPSA) is 69.7 Å². The predicted octanol–water partition coefficient (Wildman–Crippen LogP) is 2.37. The fourth-order valence-electron chi connectivity index (χ4n) is 1.57. The Morgan fingerprint density at radius 1 is 1.10 bits per heavy atom. The van der Waals surface area contributed by atoms with E-state index in [4.69, 9.17) is 9.47 Å². The average Bonchev–Trinajstić information content (AvgIpc) is 2.39. The van der Waals surface area contributed by atoms with E-state index in [2.05, 4.69) is 15.9 Å². The number of esters is 2. The first-order chi connectivity index (χ1) is 9.51. The molecule has 0 aliphatic carbocycles. The van der Waals surface area contributed by atoms with Crippen molar-refractivity contribution in [2.45, 2.75) is 13.8 Å². The standard InChI is InChI=1S/C14H15BrO5/c1-3-19-13(17)11(14(18)20-4-2)12(16)9-6-5-7-10(15)8-9/h5-8,11H,3-4H2,1-2H3. The summed E-state index contributed by atoms with van der Waals surface area (Å²) in [7, 11) is 0. The largest absolute Gasteiger partial charge is 0.465 e. The molecule has 0 heterocycles. The zero-order chi connectivity index (χ0) is 15.1. The zero-order valence-corrected chi connectivity index (χ0v) is 12.8. The van der Waals surface area contributed by atoms with Crippen LogP contribution in [0, 0.1) is 5.92 Å². The number of benzene rings is 1. The molecule has 0 saturated heterocycles. The Balaban J connectivity index is 3.06. The number of hydrogen-bond acceptors (Lipinski definition) is 5. The minimum atomic E-state index is -1.58. The molecule has 6 heteroatoms. The Morgan fingerprint density at radius 3 is 2.10 bits per heavy atom. The second-order valence-corrected chi connectivity index (χ2v) is 4.73. The monoisotopic (exact) mass is 342 g/mol. The average molecular weight is 343 g/mol. The van der Waals surface area contributed by atoms with Crippen LogP contribution in [-0.2, 0) is 19.1 Å². The molecular formula is C14H15BrO5. The van der Waals surface area contributed by atoms with Crippen LogP contribution in [0.25, 0.3) is 0 Å². The number of ether oxygens (including phenoxy) is 2. The molecule has 20 heavy (non-hydrogen) atoms. The minimum Gasteiger partial charge on any atom is -0.465 e. The summed E-state index contributed by atoms with van der Waals surface area (Å²) < 4.78 is 10.2. The van der Waals surface area contributed by atoms with Gasteiger partial charge in [-0.2, -0.15) is 0 Å². The number of carbonyl (C=O) groups is 3. The summed E-state index contributed by atoms with van der Waals surface area (Å²) in [4.78, 5) is 35.9. The van der Waals surface area contributed by atoms with Crippen LogP contribution in [-0.4, -0.2) is 30.9 Å². The Kier molecular flexibility index (Phi) is 6.38. The maximum Gasteiger partial charge on any atom is 0.328 e. The normalized spacial score (nSPS) is 10.2. The van der Waals surface area contributed by atoms with Gasteiger partial charge in [-0.15, -0.1) is 0 Å². The number of Topliss-reactive ketones (excluding diaryl/α,β-unsaturated/α-hetero) is 1. The highest BCUT2D eigenvalue weighted by Gasteiger charge is 2.37. The van der Waals surface area contributed by atoms with Gasteiger partial charge in [0.05, 0.1) is 13.2 Å². The molecule has 1 aromatic carbocycles. The molecule has 0 radical (unpaired) electrons. The molecule has 0 N–H and O–H groups in total. The molecule has 108 valence electrons. The van der Waals surface area contributed by atoms with Gasteiger partial charge in [-0.05, 0) is 26.0 Å². The van der Waals surface area contributed by atoms with Gasteiger partial charge in [-0.3, -0.25) is 14.4 Å². The van der Waals surface area contributed by atoms with Crippen molar-refractivity contribution in [3.63, 3.8) is 0 Å². The maximum atomic E-state index is 12.3. The van der Waals surface area contributed by atoms with Crippen molar-refractivity contribution in [2.75, 3.05) is 13.2 Å². The first-order valence-corrected chi connectivity index (χ1v) is 6.93. The third kappa shape index (κ3) is 4.16. The van der Waals surface area contributed by atoms with Crippen molar-refractivity contribution in [3.05, 3.63) is 34.3 Å². The molecule has 1 rings (SSSR count). The summed E-state index contributed by atoms with van der Waals surface area (Å²) in [6.07, 6.45) is 0. The molecular weight excluding hydrogens is 328 g/mol. The zero-order valence-electron chi connectivity index (χ0n) is 11.2. The van der Waals surface area contributed by atoms with Crippen LogP contribution >= 0.6 is 15.9 Å². The first-order valence-electron chi connectivity index (χ1n) is 6.14. The third-order valence-electron chi connectivity index (χ3n) is 2.42. The lowest BCUT2D eigenvalue weighted by Crippen LogP contribution is -2.35. The van der Waals surface area contributed by atoms with Gasteiger partial charge in [0.2, 0.25) is 5.92 Å². The summed E-state index contributed by atoms with van der Waals surface area (Å²) in [6, 6.07) is 6.44. The maximum absolute atomic E-state index is 12.3. The fourth-order valence-corrected chi connectivity index (χ4v) is 1.97. The number of rotatable bonds is 6. The smallest absolute Gasteiger partial charge is 0.328 e. The van der Waals surface area contributed by atoms with Crippen LogP contribution in [0.3, 0.4) is 0 Å². The van der Waals surface area contributed by atoms with E-state index in [0.29, 0.717) is 4.47 Å². The third-order valence-corrected chi connectivity index (χ3v) is 2.91. The SMILES string of the molecule is CCOC(=O)C(C(=O)OCC)C(=O)c1cccc(Br)c1. The molecule has 0 unspecified atom stereocenters. The predicted molar refractivity (Wildman–Crippen MR) is 75.2 cm³/mol. The summed E-state index contributed by atoms with van der Waals surface area (Å²) in [5, 5.41) is 0. The van der Waals surface area contributed by atoms with E-state index in [-0.39, 0.29) is 18.8 Å². The van der Waals surface area contributed by atoms with E-state index in [9.17, 15) is 14.4 Å². The molecule has 0 fully saturated rings. The molecule has 0 atom stereocenters. The van der Waals surface area contributed by atoms with Crippen LogP contribution in [0.2, 0.25) is 0 Å². The lowest BCUT2D eigenvalue weighted by atomic mass is 9.98. The van der Waals surface area contributed by atoms with E-state index >= 15 is 0 Å². The second-order valence-electron chi connectivity index (χ2n) is 3.81. The van der Waals surface area contributed by atoms with Gasteiger partial charge >= 0.3 is 11.9 Å². The molecule has 0 aliphatic rings. The van der Waals surface area contributed by atoms with Crippen LogP contribution in [0.1, 0.15) is 24.2 Å². The van der Waals surface area contributed by atoms with Crippen molar-refractivity contribution in [1.82, 2.24) is 0 Å². The highest BCUT2D eigenvalue weighted by molar-refractivity contribution is 9.10. The molecule has 0 spiro atoms. The Bertz CT molecular complexity index is 494. The summed E-state index contributed by atoms with van der Waals surface area (Å²) in [5.41, 5.74) is 0.241. The lowest BCUT2D eigenvalue weighted by Gasteiger charge is -2.13. The van der Waals surface area contributed by atoms with Crippen LogP contribution in [0.4, 0.5) is 0 Å². The van der Waals surface area contributed by atoms with Crippen molar-refractivity contribution in [1.29, 1.82) is 0 Å².